The maximum atomic E-state index is 13.9. The van der Waals surface area contributed by atoms with E-state index < -0.39 is 4.92 Å². The third kappa shape index (κ3) is 4.18. The quantitative estimate of drug-likeness (QED) is 0.178. The maximum absolute atomic E-state index is 13.9. The van der Waals surface area contributed by atoms with Gasteiger partial charge in [-0.25, -0.2) is 4.99 Å². The van der Waals surface area contributed by atoms with Gasteiger partial charge in [-0.2, -0.15) is 0 Å². The maximum Gasteiger partial charge on any atom is 0.271 e. The molecule has 0 radical (unpaired) electrons. The van der Waals surface area contributed by atoms with Gasteiger partial charge >= 0.3 is 0 Å². The number of aryl methyl sites for hydroxylation is 1. The highest BCUT2D eigenvalue weighted by molar-refractivity contribution is 9.10. The smallest absolute Gasteiger partial charge is 0.271 e. The third-order valence-corrected chi connectivity index (χ3v) is 8.83. The second-order valence-corrected chi connectivity index (χ2v) is 11.6. The van der Waals surface area contributed by atoms with Crippen LogP contribution in [0.15, 0.2) is 109 Å². The number of non-ortho nitro benzene ring substituents is 1. The summed E-state index contributed by atoms with van der Waals surface area (Å²) in [7, 11) is 0. The molecule has 3 heterocycles. The molecule has 0 amide bonds. The minimum absolute atomic E-state index is 0.0160. The monoisotopic (exact) mass is 609 g/mol. The van der Waals surface area contributed by atoms with Crippen LogP contribution in [0.4, 0.5) is 5.69 Å². The number of nitrogens with zero attached hydrogens (tertiary/aromatic N) is 3. The minimum atomic E-state index is -0.435. The molecule has 196 valence electrons. The molecule has 0 saturated carbocycles. The van der Waals surface area contributed by atoms with Crippen molar-refractivity contribution < 1.29 is 9.34 Å². The summed E-state index contributed by atoms with van der Waals surface area (Å²) >= 11 is 4.88. The van der Waals surface area contributed by atoms with Crippen molar-refractivity contribution in [2.24, 2.45) is 4.99 Å². The van der Waals surface area contributed by atoms with E-state index in [-0.39, 0.29) is 17.3 Å². The van der Waals surface area contributed by atoms with Crippen LogP contribution in [-0.2, 0) is 6.42 Å². The summed E-state index contributed by atoms with van der Waals surface area (Å²) in [6.07, 6.45) is 3.48. The second kappa shape index (κ2) is 9.69. The van der Waals surface area contributed by atoms with Gasteiger partial charge in [0, 0.05) is 33.8 Å². The normalized spacial score (nSPS) is 16.2. The molecule has 7 rings (SSSR count). The van der Waals surface area contributed by atoms with Crippen molar-refractivity contribution in [2.75, 3.05) is 0 Å². The molecule has 9 heteroatoms. The van der Waals surface area contributed by atoms with Gasteiger partial charge < -0.3 is 4.42 Å². The Morgan fingerprint density at radius 2 is 1.77 bits per heavy atom. The lowest BCUT2D eigenvalue weighted by Crippen LogP contribution is -2.38. The zero-order valence-corrected chi connectivity index (χ0v) is 23.3. The molecular formula is C31H20BrN3O4S. The van der Waals surface area contributed by atoms with E-state index in [2.05, 4.69) is 46.3 Å². The largest absolute Gasteiger partial charge is 0.457 e. The van der Waals surface area contributed by atoms with Crippen LogP contribution in [0.1, 0.15) is 34.9 Å². The van der Waals surface area contributed by atoms with Crippen LogP contribution in [0.5, 0.6) is 0 Å². The molecule has 40 heavy (non-hydrogen) atoms. The van der Waals surface area contributed by atoms with Crippen LogP contribution in [0.25, 0.3) is 23.1 Å². The highest BCUT2D eigenvalue weighted by atomic mass is 79.9. The van der Waals surface area contributed by atoms with E-state index in [0.29, 0.717) is 26.4 Å². The number of benzene rings is 3. The van der Waals surface area contributed by atoms with Gasteiger partial charge in [0.15, 0.2) is 4.80 Å². The zero-order valence-electron chi connectivity index (χ0n) is 20.9. The molecule has 3 aromatic carbocycles. The number of hydrogen-bond acceptors (Lipinski definition) is 6. The number of hydrogen-bond donors (Lipinski definition) is 0. The lowest BCUT2D eigenvalue weighted by molar-refractivity contribution is -0.384. The third-order valence-electron chi connectivity index (χ3n) is 7.32. The van der Waals surface area contributed by atoms with E-state index in [4.69, 9.17) is 9.41 Å². The minimum Gasteiger partial charge on any atom is -0.457 e. The predicted octanol–water partition coefficient (Wildman–Crippen LogP) is 6.25. The first kappa shape index (κ1) is 24.7. The highest BCUT2D eigenvalue weighted by Crippen LogP contribution is 2.41. The number of halogens is 1. The Morgan fingerprint density at radius 3 is 2.55 bits per heavy atom. The molecule has 0 bridgehead atoms. The Labute approximate surface area is 240 Å². The van der Waals surface area contributed by atoms with Gasteiger partial charge in [0.2, 0.25) is 0 Å². The Morgan fingerprint density at radius 1 is 1.00 bits per heavy atom. The first-order valence-electron chi connectivity index (χ1n) is 12.7. The summed E-state index contributed by atoms with van der Waals surface area (Å²) in [5.74, 6) is 1.08. The molecule has 0 unspecified atom stereocenters. The molecule has 2 aliphatic rings. The number of fused-ring (bicyclic) bond motifs is 3. The van der Waals surface area contributed by atoms with Crippen LogP contribution in [0, 0.1) is 10.1 Å². The molecule has 1 aliphatic heterocycles. The van der Waals surface area contributed by atoms with Gasteiger partial charge in [0.25, 0.3) is 11.2 Å². The number of thiazole rings is 1. The van der Waals surface area contributed by atoms with Crippen LogP contribution >= 0.6 is 27.3 Å². The first-order chi connectivity index (χ1) is 19.5. The van der Waals surface area contributed by atoms with Crippen LogP contribution in [0.3, 0.4) is 0 Å². The van der Waals surface area contributed by atoms with Gasteiger partial charge in [-0.1, -0.05) is 63.7 Å². The van der Waals surface area contributed by atoms with E-state index in [1.54, 1.807) is 30.3 Å². The molecule has 1 atom stereocenters. The number of aromatic nitrogens is 1. The number of rotatable bonds is 4. The van der Waals surface area contributed by atoms with Crippen LogP contribution < -0.4 is 14.9 Å². The fraction of sp³-hybridized carbons (Fsp3) is 0.0968. The van der Waals surface area contributed by atoms with E-state index >= 15 is 0 Å². The zero-order chi connectivity index (χ0) is 27.4. The van der Waals surface area contributed by atoms with Gasteiger partial charge in [-0.3, -0.25) is 19.5 Å². The first-order valence-corrected chi connectivity index (χ1v) is 14.3. The van der Waals surface area contributed by atoms with Crippen molar-refractivity contribution in [3.05, 3.63) is 147 Å². The predicted molar refractivity (Wildman–Crippen MR) is 158 cm³/mol. The van der Waals surface area contributed by atoms with Crippen LogP contribution in [0.2, 0.25) is 0 Å². The lowest BCUT2D eigenvalue weighted by atomic mass is 9.83. The van der Waals surface area contributed by atoms with Crippen molar-refractivity contribution in [1.82, 2.24) is 4.57 Å². The summed E-state index contributed by atoms with van der Waals surface area (Å²) in [4.78, 5) is 30.2. The number of furan rings is 1. The van der Waals surface area contributed by atoms with E-state index in [1.165, 1.54) is 29.0 Å². The van der Waals surface area contributed by atoms with Gasteiger partial charge in [-0.15, -0.1) is 0 Å². The fourth-order valence-electron chi connectivity index (χ4n) is 5.43. The molecule has 5 aromatic rings. The standard InChI is InChI=1S/C31H20BrN3O4S/c32-21-10-5-20(6-11-21)29-25-15-9-18-3-1-2-4-24(18)28(25)33-31-34(29)30(36)27(40-31)17-23-14-16-26(39-23)19-7-12-22(13-8-19)35(37)38/h1-8,10-14,16-17,29H,9,15H2/b27-17-/t29-/m1/s1. The Bertz CT molecular complexity index is 2020. The highest BCUT2D eigenvalue weighted by Gasteiger charge is 2.32. The van der Waals surface area contributed by atoms with Gasteiger partial charge in [-0.05, 0) is 65.9 Å². The number of nitro groups is 1. The molecule has 0 spiro atoms. The van der Waals surface area contributed by atoms with Crippen molar-refractivity contribution in [2.45, 2.75) is 18.9 Å². The van der Waals surface area contributed by atoms with E-state index in [9.17, 15) is 14.9 Å². The molecular weight excluding hydrogens is 590 g/mol. The Balaban J connectivity index is 1.36. The Kier molecular flexibility index (Phi) is 5.98. The van der Waals surface area contributed by atoms with Crippen molar-refractivity contribution in [3.63, 3.8) is 0 Å². The van der Waals surface area contributed by atoms with E-state index in [0.717, 1.165) is 39.7 Å². The molecule has 2 aromatic heterocycles. The SMILES string of the molecule is O=c1/c(=C/c2ccc(-c3ccc([N+](=O)[O-])cc3)o2)sc2n1[C@H](c1ccc(Br)cc1)C1=C(N=2)c2ccccc2CC1. The average Bonchev–Trinajstić information content (AvgIpc) is 3.57. The summed E-state index contributed by atoms with van der Waals surface area (Å²) in [5, 5.41) is 11.0. The molecule has 0 saturated heterocycles. The van der Waals surface area contributed by atoms with Gasteiger partial charge in [0.05, 0.1) is 21.2 Å². The summed E-state index contributed by atoms with van der Waals surface area (Å²) in [5.41, 5.74) is 6.16. The Hall–Kier alpha value is -4.34. The number of allylic oxidation sites excluding steroid dienone is 1. The summed E-state index contributed by atoms with van der Waals surface area (Å²) in [6.45, 7) is 0. The lowest BCUT2D eigenvalue weighted by Gasteiger charge is -2.30. The molecule has 1 aliphatic carbocycles. The molecule has 7 nitrogen and oxygen atoms in total. The molecule has 0 fully saturated rings. The summed E-state index contributed by atoms with van der Waals surface area (Å²) in [6, 6.07) is 26.0. The van der Waals surface area contributed by atoms with Crippen molar-refractivity contribution in [3.8, 4) is 11.3 Å². The topological polar surface area (TPSA) is 90.6 Å². The van der Waals surface area contributed by atoms with Gasteiger partial charge in [0.1, 0.15) is 11.5 Å². The van der Waals surface area contributed by atoms with E-state index in [1.807, 2.05) is 22.8 Å². The van der Waals surface area contributed by atoms with Crippen molar-refractivity contribution >= 4 is 44.7 Å². The second-order valence-electron chi connectivity index (χ2n) is 9.67. The fourth-order valence-corrected chi connectivity index (χ4v) is 6.67. The molecule has 0 N–H and O–H groups in total. The summed E-state index contributed by atoms with van der Waals surface area (Å²) < 4.78 is 9.33. The average molecular weight is 610 g/mol. The van der Waals surface area contributed by atoms with Crippen molar-refractivity contribution in [1.29, 1.82) is 0 Å². The van der Waals surface area contributed by atoms with Crippen LogP contribution in [-0.4, -0.2) is 9.49 Å². The number of nitro benzene ring substituents is 1.